The van der Waals surface area contributed by atoms with E-state index >= 15 is 0 Å². The third kappa shape index (κ3) is 5.94. The van der Waals surface area contributed by atoms with Crippen molar-refractivity contribution < 1.29 is 19.1 Å². The Kier molecular flexibility index (Phi) is 7.21. The lowest BCUT2D eigenvalue weighted by Crippen LogP contribution is -2.05. The molecule has 0 amide bonds. The third-order valence-electron chi connectivity index (χ3n) is 2.92. The highest BCUT2D eigenvalue weighted by Crippen LogP contribution is 2.38. The van der Waals surface area contributed by atoms with E-state index < -0.39 is 0 Å². The van der Waals surface area contributed by atoms with Crippen LogP contribution in [0, 0.1) is 0 Å². The lowest BCUT2D eigenvalue weighted by Gasteiger charge is -2.06. The van der Waals surface area contributed by atoms with Gasteiger partial charge in [-0.2, -0.15) is 0 Å². The molecule has 24 heavy (non-hydrogen) atoms. The van der Waals surface area contributed by atoms with Crippen LogP contribution in [0.2, 0.25) is 0 Å². The molecule has 0 unspecified atom stereocenters. The molecule has 0 heterocycles. The maximum Gasteiger partial charge on any atom is 0.310 e. The Morgan fingerprint density at radius 2 is 1.04 bits per heavy atom. The molecule has 2 rings (SSSR count). The van der Waals surface area contributed by atoms with E-state index in [-0.39, 0.29) is 11.9 Å². The number of carbonyl (C=O) groups is 2. The molecule has 2 aromatic carbocycles. The SMILES string of the molecule is CCC(=O)Oc1ccc(SSc2ccc(OC(=O)CC)cc2)cc1. The number of esters is 2. The minimum atomic E-state index is -0.242. The summed E-state index contributed by atoms with van der Waals surface area (Å²) in [5.74, 6) is 0.624. The van der Waals surface area contributed by atoms with Gasteiger partial charge in [0.25, 0.3) is 0 Å². The zero-order valence-corrected chi connectivity index (χ0v) is 15.1. The molecule has 4 nitrogen and oxygen atoms in total. The molecule has 0 saturated carbocycles. The van der Waals surface area contributed by atoms with Crippen LogP contribution >= 0.6 is 21.6 Å². The topological polar surface area (TPSA) is 52.6 Å². The van der Waals surface area contributed by atoms with Crippen LogP contribution in [0.5, 0.6) is 11.5 Å². The summed E-state index contributed by atoms with van der Waals surface area (Å²) >= 11 is 0. The molecular formula is C18H18O4S2. The Morgan fingerprint density at radius 3 is 1.33 bits per heavy atom. The zero-order valence-electron chi connectivity index (χ0n) is 13.5. The molecule has 0 bridgehead atoms. The molecule has 0 fully saturated rings. The lowest BCUT2D eigenvalue weighted by atomic mass is 10.3. The Bertz CT molecular complexity index is 620. The highest BCUT2D eigenvalue weighted by Gasteiger charge is 2.04. The van der Waals surface area contributed by atoms with E-state index in [0.717, 1.165) is 9.79 Å². The number of ether oxygens (including phenoxy) is 2. The van der Waals surface area contributed by atoms with Crippen LogP contribution in [0.25, 0.3) is 0 Å². The summed E-state index contributed by atoms with van der Waals surface area (Å²) in [6.45, 7) is 3.52. The Morgan fingerprint density at radius 1 is 0.708 bits per heavy atom. The molecule has 0 aliphatic heterocycles. The first kappa shape index (κ1) is 18.4. The smallest absolute Gasteiger partial charge is 0.310 e. The molecule has 0 N–H and O–H groups in total. The van der Waals surface area contributed by atoms with Gasteiger partial charge >= 0.3 is 11.9 Å². The number of hydrogen-bond acceptors (Lipinski definition) is 6. The van der Waals surface area contributed by atoms with Crippen molar-refractivity contribution in [2.75, 3.05) is 0 Å². The predicted octanol–water partition coefficient (Wildman–Crippen LogP) is 5.12. The maximum atomic E-state index is 11.2. The van der Waals surface area contributed by atoms with Crippen molar-refractivity contribution in [1.82, 2.24) is 0 Å². The normalized spacial score (nSPS) is 10.2. The molecule has 126 valence electrons. The van der Waals surface area contributed by atoms with Crippen molar-refractivity contribution in [3.8, 4) is 11.5 Å². The molecule has 0 spiro atoms. The average molecular weight is 362 g/mol. The molecule has 2 aromatic rings. The van der Waals surface area contributed by atoms with Crippen LogP contribution in [0.3, 0.4) is 0 Å². The zero-order chi connectivity index (χ0) is 17.4. The van der Waals surface area contributed by atoms with Gasteiger partial charge in [0, 0.05) is 22.6 Å². The second-order valence-corrected chi connectivity index (χ2v) is 7.04. The maximum absolute atomic E-state index is 11.2. The second-order valence-electron chi connectivity index (χ2n) is 4.76. The minimum absolute atomic E-state index is 0.242. The van der Waals surface area contributed by atoms with E-state index in [9.17, 15) is 9.59 Å². The van der Waals surface area contributed by atoms with Gasteiger partial charge in [-0.25, -0.2) is 0 Å². The summed E-state index contributed by atoms with van der Waals surface area (Å²) in [4.78, 5) is 24.6. The molecular weight excluding hydrogens is 344 g/mol. The first-order valence-electron chi connectivity index (χ1n) is 7.56. The molecule has 0 atom stereocenters. The summed E-state index contributed by atoms with van der Waals surface area (Å²) in [6, 6.07) is 14.8. The molecule has 0 aliphatic carbocycles. The van der Waals surface area contributed by atoms with Gasteiger partial charge in [0.15, 0.2) is 0 Å². The van der Waals surface area contributed by atoms with E-state index in [1.165, 1.54) is 0 Å². The molecule has 0 saturated heterocycles. The molecule has 6 heteroatoms. The monoisotopic (exact) mass is 362 g/mol. The fraction of sp³-hybridized carbons (Fsp3) is 0.222. The fourth-order valence-corrected chi connectivity index (χ4v) is 3.56. The minimum Gasteiger partial charge on any atom is -0.427 e. The molecule has 0 radical (unpaired) electrons. The van der Waals surface area contributed by atoms with Crippen LogP contribution in [0.4, 0.5) is 0 Å². The number of hydrogen-bond donors (Lipinski definition) is 0. The third-order valence-corrected chi connectivity index (χ3v) is 5.34. The van der Waals surface area contributed by atoms with E-state index in [2.05, 4.69) is 0 Å². The van der Waals surface area contributed by atoms with Crippen molar-refractivity contribution in [3.63, 3.8) is 0 Å². The van der Waals surface area contributed by atoms with Gasteiger partial charge in [-0.3, -0.25) is 9.59 Å². The molecule has 0 aromatic heterocycles. The van der Waals surface area contributed by atoms with Gasteiger partial charge in [0.1, 0.15) is 11.5 Å². The van der Waals surface area contributed by atoms with Crippen LogP contribution in [0.15, 0.2) is 58.3 Å². The number of carbonyl (C=O) groups excluding carboxylic acids is 2. The Labute approximate surface area is 149 Å². The highest BCUT2D eigenvalue weighted by atomic mass is 33.1. The standard InChI is InChI=1S/C18H18O4S2/c1-3-17(19)21-13-5-9-15(10-6-13)23-24-16-11-7-14(8-12-16)22-18(20)4-2/h5-12H,3-4H2,1-2H3. The summed E-state index contributed by atoms with van der Waals surface area (Å²) in [7, 11) is 3.20. The van der Waals surface area contributed by atoms with E-state index in [1.807, 2.05) is 24.3 Å². The van der Waals surface area contributed by atoms with Crippen molar-refractivity contribution in [1.29, 1.82) is 0 Å². The van der Waals surface area contributed by atoms with Gasteiger partial charge in [-0.15, -0.1) is 0 Å². The van der Waals surface area contributed by atoms with Crippen molar-refractivity contribution in [2.45, 2.75) is 36.5 Å². The first-order valence-corrected chi connectivity index (χ1v) is 9.71. The largest absolute Gasteiger partial charge is 0.427 e. The van der Waals surface area contributed by atoms with Gasteiger partial charge < -0.3 is 9.47 Å². The van der Waals surface area contributed by atoms with Gasteiger partial charge in [-0.1, -0.05) is 35.4 Å². The first-order chi connectivity index (χ1) is 11.6. The van der Waals surface area contributed by atoms with Crippen LogP contribution in [-0.4, -0.2) is 11.9 Å². The van der Waals surface area contributed by atoms with Gasteiger partial charge in [0.2, 0.25) is 0 Å². The van der Waals surface area contributed by atoms with Crippen LogP contribution in [-0.2, 0) is 9.59 Å². The highest BCUT2D eigenvalue weighted by molar-refractivity contribution is 8.76. The van der Waals surface area contributed by atoms with Gasteiger partial charge in [0.05, 0.1) is 0 Å². The van der Waals surface area contributed by atoms with Crippen LogP contribution < -0.4 is 9.47 Å². The number of benzene rings is 2. The second kappa shape index (κ2) is 9.39. The Balaban J connectivity index is 1.86. The quantitative estimate of drug-likeness (QED) is 0.387. The van der Waals surface area contributed by atoms with E-state index in [4.69, 9.17) is 9.47 Å². The van der Waals surface area contributed by atoms with Crippen molar-refractivity contribution >= 4 is 33.5 Å². The summed E-state index contributed by atoms with van der Waals surface area (Å²) in [5, 5.41) is 0. The predicted molar refractivity (Wildman–Crippen MR) is 96.5 cm³/mol. The van der Waals surface area contributed by atoms with Crippen molar-refractivity contribution in [3.05, 3.63) is 48.5 Å². The van der Waals surface area contributed by atoms with Crippen LogP contribution in [0.1, 0.15) is 26.7 Å². The van der Waals surface area contributed by atoms with Crippen molar-refractivity contribution in [2.24, 2.45) is 0 Å². The summed E-state index contributed by atoms with van der Waals surface area (Å²) < 4.78 is 10.3. The number of rotatable bonds is 7. The average Bonchev–Trinajstić information content (AvgIpc) is 2.62. The summed E-state index contributed by atoms with van der Waals surface area (Å²) in [6.07, 6.45) is 0.714. The van der Waals surface area contributed by atoms with E-state index in [1.54, 1.807) is 59.7 Å². The summed E-state index contributed by atoms with van der Waals surface area (Å²) in [5.41, 5.74) is 0. The Hall–Kier alpha value is -1.92. The molecule has 0 aliphatic rings. The van der Waals surface area contributed by atoms with E-state index in [0.29, 0.717) is 24.3 Å². The van der Waals surface area contributed by atoms with Gasteiger partial charge in [-0.05, 0) is 48.5 Å². The lowest BCUT2D eigenvalue weighted by molar-refractivity contribution is -0.134. The fourth-order valence-electron chi connectivity index (χ4n) is 1.63.